The highest BCUT2D eigenvalue weighted by molar-refractivity contribution is 6.05. The summed E-state index contributed by atoms with van der Waals surface area (Å²) in [5, 5.41) is 5.65. The van der Waals surface area contributed by atoms with Crippen LogP contribution < -0.4 is 10.6 Å². The summed E-state index contributed by atoms with van der Waals surface area (Å²) in [6.07, 6.45) is 0.544. The van der Waals surface area contributed by atoms with Gasteiger partial charge in [-0.2, -0.15) is 0 Å². The van der Waals surface area contributed by atoms with Gasteiger partial charge in [-0.1, -0.05) is 30.3 Å². The van der Waals surface area contributed by atoms with Gasteiger partial charge in [0.25, 0.3) is 0 Å². The van der Waals surface area contributed by atoms with E-state index in [1.807, 2.05) is 63.2 Å². The van der Waals surface area contributed by atoms with Gasteiger partial charge < -0.3 is 10.6 Å². The third kappa shape index (κ3) is 2.72. The van der Waals surface area contributed by atoms with E-state index >= 15 is 0 Å². The van der Waals surface area contributed by atoms with Crippen molar-refractivity contribution in [3.05, 3.63) is 59.2 Å². The van der Waals surface area contributed by atoms with Crippen molar-refractivity contribution in [2.75, 3.05) is 10.6 Å². The third-order valence-corrected chi connectivity index (χ3v) is 4.44. The fraction of sp³-hybridized carbons (Fsp3) is 0.263. The normalized spacial score (nSPS) is 16.7. The molecule has 4 nitrogen and oxygen atoms in total. The van der Waals surface area contributed by atoms with Crippen LogP contribution in [0.25, 0.3) is 0 Å². The largest absolute Gasteiger partial charge is 0.326 e. The number of hydrogen-bond acceptors (Lipinski definition) is 2. The number of carbonyl (C=O) groups is 2. The standard InChI is InChI=1S/C10H11NO.C9H9NO.2H2/c1-10(2)7-5-3-4-6-8(7)11-9(10)12;1-6-3-2-4-8-7(6)5-9(11)10-8;;/h3-6H,1-2H3,(H,11,12);2-4H,5H2,1H3,(H,10,11);2*1H. The van der Waals surface area contributed by atoms with E-state index in [4.69, 9.17) is 0 Å². The Morgan fingerprint density at radius 3 is 2.35 bits per heavy atom. The van der Waals surface area contributed by atoms with Crippen LogP contribution in [-0.2, 0) is 21.4 Å². The molecule has 0 aliphatic carbocycles. The van der Waals surface area contributed by atoms with E-state index in [0.29, 0.717) is 6.42 Å². The molecule has 0 radical (unpaired) electrons. The number of anilines is 2. The van der Waals surface area contributed by atoms with Crippen LogP contribution in [0, 0.1) is 6.92 Å². The smallest absolute Gasteiger partial charge is 0.234 e. The zero-order valence-corrected chi connectivity index (χ0v) is 13.6. The lowest BCUT2D eigenvalue weighted by Crippen LogP contribution is -2.26. The summed E-state index contributed by atoms with van der Waals surface area (Å²) in [5.74, 6) is 0.193. The number of rotatable bonds is 0. The van der Waals surface area contributed by atoms with Crippen LogP contribution in [0.4, 0.5) is 11.4 Å². The SMILES string of the molecule is CC1(C)C(=O)Nc2ccccc21.Cc1cccc2c1CC(=O)N2.[HH].[HH]. The summed E-state index contributed by atoms with van der Waals surface area (Å²) in [4.78, 5) is 22.4. The predicted octanol–water partition coefficient (Wildman–Crippen LogP) is 3.90. The van der Waals surface area contributed by atoms with Gasteiger partial charge in [0.15, 0.2) is 0 Å². The van der Waals surface area contributed by atoms with Gasteiger partial charge in [0, 0.05) is 14.2 Å². The third-order valence-electron chi connectivity index (χ3n) is 4.44. The van der Waals surface area contributed by atoms with E-state index in [2.05, 4.69) is 10.6 Å². The van der Waals surface area contributed by atoms with Crippen molar-refractivity contribution in [3.63, 3.8) is 0 Å². The summed E-state index contributed by atoms with van der Waals surface area (Å²) >= 11 is 0. The van der Waals surface area contributed by atoms with Crippen molar-refractivity contribution in [2.45, 2.75) is 32.6 Å². The number of para-hydroxylation sites is 1. The molecule has 4 rings (SSSR count). The number of hydrogen-bond donors (Lipinski definition) is 2. The molecule has 0 bridgehead atoms. The summed E-state index contributed by atoms with van der Waals surface area (Å²) in [7, 11) is 0. The van der Waals surface area contributed by atoms with Crippen LogP contribution in [0.5, 0.6) is 0 Å². The van der Waals surface area contributed by atoms with Gasteiger partial charge in [-0.25, -0.2) is 0 Å². The molecule has 2 aliphatic heterocycles. The van der Waals surface area contributed by atoms with Crippen molar-refractivity contribution in [1.29, 1.82) is 0 Å². The lowest BCUT2D eigenvalue weighted by Gasteiger charge is -2.14. The number of nitrogens with one attached hydrogen (secondary N) is 2. The maximum atomic E-state index is 11.4. The van der Waals surface area contributed by atoms with E-state index in [9.17, 15) is 9.59 Å². The second-order valence-corrected chi connectivity index (χ2v) is 6.45. The van der Waals surface area contributed by atoms with Crippen LogP contribution in [0.1, 0.15) is 33.4 Å². The predicted molar refractivity (Wildman–Crippen MR) is 95.8 cm³/mol. The Bertz CT molecular complexity index is 804. The zero-order valence-electron chi connectivity index (χ0n) is 13.6. The van der Waals surface area contributed by atoms with Gasteiger partial charge in [-0.3, -0.25) is 9.59 Å². The van der Waals surface area contributed by atoms with E-state index in [0.717, 1.165) is 22.5 Å². The molecule has 0 spiro atoms. The molecule has 2 heterocycles. The Morgan fingerprint density at radius 1 is 0.957 bits per heavy atom. The summed E-state index contributed by atoms with van der Waals surface area (Å²) < 4.78 is 0. The van der Waals surface area contributed by atoms with Gasteiger partial charge in [-0.05, 0) is 49.6 Å². The quantitative estimate of drug-likeness (QED) is 0.775. The van der Waals surface area contributed by atoms with Crippen molar-refractivity contribution in [1.82, 2.24) is 0 Å². The molecule has 2 aromatic rings. The van der Waals surface area contributed by atoms with Gasteiger partial charge in [0.05, 0.1) is 11.8 Å². The number of carbonyl (C=O) groups excluding carboxylic acids is 2. The van der Waals surface area contributed by atoms with Gasteiger partial charge in [0.2, 0.25) is 11.8 Å². The Hall–Kier alpha value is -2.62. The van der Waals surface area contributed by atoms with Crippen molar-refractivity contribution < 1.29 is 12.4 Å². The molecule has 2 amide bonds. The Morgan fingerprint density at radius 2 is 1.65 bits per heavy atom. The summed E-state index contributed by atoms with van der Waals surface area (Å²) in [6, 6.07) is 13.7. The molecule has 0 saturated carbocycles. The lowest BCUT2D eigenvalue weighted by atomic mass is 9.86. The monoisotopic (exact) mass is 312 g/mol. The molecule has 2 aliphatic rings. The number of amides is 2. The zero-order chi connectivity index (χ0) is 16.6. The molecule has 122 valence electrons. The second kappa shape index (κ2) is 5.54. The van der Waals surface area contributed by atoms with Crippen LogP contribution >= 0.6 is 0 Å². The van der Waals surface area contributed by atoms with Crippen LogP contribution in [-0.4, -0.2) is 11.8 Å². The first-order valence-electron chi connectivity index (χ1n) is 7.69. The molecule has 0 fully saturated rings. The first kappa shape index (κ1) is 15.3. The van der Waals surface area contributed by atoms with E-state index in [-0.39, 0.29) is 20.1 Å². The maximum Gasteiger partial charge on any atom is 0.234 e. The average molecular weight is 312 g/mol. The molecule has 0 unspecified atom stereocenters. The van der Waals surface area contributed by atoms with Gasteiger partial charge >= 0.3 is 0 Å². The second-order valence-electron chi connectivity index (χ2n) is 6.45. The Labute approximate surface area is 138 Å². The first-order chi connectivity index (χ1) is 10.9. The van der Waals surface area contributed by atoms with Crippen LogP contribution in [0.2, 0.25) is 0 Å². The van der Waals surface area contributed by atoms with Crippen molar-refractivity contribution in [2.24, 2.45) is 0 Å². The summed E-state index contributed by atoms with van der Waals surface area (Å²) in [6.45, 7) is 5.90. The minimum atomic E-state index is -0.364. The average Bonchev–Trinajstić information content (AvgIpc) is 2.99. The molecule has 0 saturated heterocycles. The Balaban J connectivity index is 0.000000232. The maximum absolute atomic E-state index is 11.4. The number of benzene rings is 2. The van der Waals surface area contributed by atoms with Crippen LogP contribution in [0.3, 0.4) is 0 Å². The first-order valence-corrected chi connectivity index (χ1v) is 7.69. The minimum Gasteiger partial charge on any atom is -0.326 e. The molecular formula is C19H24N2O2. The highest BCUT2D eigenvalue weighted by Gasteiger charge is 2.37. The minimum absolute atomic E-state index is 0. The molecular weight excluding hydrogens is 288 g/mol. The molecule has 4 heteroatoms. The van der Waals surface area contributed by atoms with Crippen molar-refractivity contribution in [3.8, 4) is 0 Å². The molecule has 2 N–H and O–H groups in total. The van der Waals surface area contributed by atoms with Crippen LogP contribution in [0.15, 0.2) is 42.5 Å². The van der Waals surface area contributed by atoms with E-state index in [1.54, 1.807) is 0 Å². The van der Waals surface area contributed by atoms with Gasteiger partial charge in [0.1, 0.15) is 0 Å². The van der Waals surface area contributed by atoms with E-state index in [1.165, 1.54) is 5.56 Å². The number of fused-ring (bicyclic) bond motifs is 2. The van der Waals surface area contributed by atoms with Gasteiger partial charge in [-0.15, -0.1) is 0 Å². The highest BCUT2D eigenvalue weighted by atomic mass is 16.2. The van der Waals surface area contributed by atoms with Crippen molar-refractivity contribution >= 4 is 23.2 Å². The fourth-order valence-electron chi connectivity index (χ4n) is 2.95. The summed E-state index contributed by atoms with van der Waals surface area (Å²) in [5.41, 5.74) is 5.01. The fourth-order valence-corrected chi connectivity index (χ4v) is 2.95. The topological polar surface area (TPSA) is 58.2 Å². The molecule has 23 heavy (non-hydrogen) atoms. The molecule has 0 aromatic heterocycles. The Kier molecular flexibility index (Phi) is 3.68. The molecule has 2 aromatic carbocycles. The number of aryl methyl sites for hydroxylation is 1. The highest BCUT2D eigenvalue weighted by Crippen LogP contribution is 2.36. The lowest BCUT2D eigenvalue weighted by molar-refractivity contribution is -0.119. The molecule has 0 atom stereocenters. The van der Waals surface area contributed by atoms with E-state index < -0.39 is 0 Å².